The minimum atomic E-state index is -0.300. The Kier molecular flexibility index (Phi) is 5.71. The zero-order chi connectivity index (χ0) is 20.6. The van der Waals surface area contributed by atoms with Crippen molar-refractivity contribution in [3.8, 4) is 5.75 Å². The maximum absolute atomic E-state index is 13.9. The van der Waals surface area contributed by atoms with Crippen LogP contribution in [-0.4, -0.2) is 74.8 Å². The third-order valence-corrected chi connectivity index (χ3v) is 6.89. The molecule has 7 heteroatoms. The Morgan fingerprint density at radius 3 is 2.72 bits per heavy atom. The molecule has 29 heavy (non-hydrogen) atoms. The summed E-state index contributed by atoms with van der Waals surface area (Å²) in [6.45, 7) is 9.88. The van der Waals surface area contributed by atoms with Crippen molar-refractivity contribution in [3.63, 3.8) is 0 Å². The molecule has 0 spiro atoms. The molecule has 1 aromatic carbocycles. The first-order valence-electron chi connectivity index (χ1n) is 10.6. The largest absolute Gasteiger partial charge is 0.494 e. The van der Waals surface area contributed by atoms with E-state index in [9.17, 15) is 4.39 Å². The van der Waals surface area contributed by atoms with Gasteiger partial charge in [0.2, 0.25) is 0 Å². The lowest BCUT2D eigenvalue weighted by atomic mass is 9.57. The number of fused-ring (bicyclic) bond motifs is 1. The SMILES string of the molecule is CN=C(NC1C2CCOC2C1(C)C)N1CCN(Cc2ccc(OC)c(F)c2)CC1. The fourth-order valence-electron chi connectivity index (χ4n) is 5.24. The van der Waals surface area contributed by atoms with Crippen molar-refractivity contribution in [1.29, 1.82) is 0 Å². The molecule has 1 aliphatic carbocycles. The molecule has 2 aliphatic heterocycles. The predicted octanol–water partition coefficient (Wildman–Crippen LogP) is 2.34. The van der Waals surface area contributed by atoms with E-state index in [0.717, 1.165) is 57.3 Å². The van der Waals surface area contributed by atoms with Gasteiger partial charge in [-0.15, -0.1) is 0 Å². The lowest BCUT2D eigenvalue weighted by Crippen LogP contribution is -2.68. The van der Waals surface area contributed by atoms with Gasteiger partial charge in [-0.3, -0.25) is 9.89 Å². The van der Waals surface area contributed by atoms with Gasteiger partial charge >= 0.3 is 0 Å². The fraction of sp³-hybridized carbons (Fsp3) is 0.682. The number of piperazine rings is 1. The highest BCUT2D eigenvalue weighted by Gasteiger charge is 2.59. The number of ether oxygens (including phenoxy) is 2. The number of nitrogens with one attached hydrogen (secondary N) is 1. The van der Waals surface area contributed by atoms with Crippen LogP contribution in [0.5, 0.6) is 5.75 Å². The van der Waals surface area contributed by atoms with Crippen molar-refractivity contribution >= 4 is 5.96 Å². The lowest BCUT2D eigenvalue weighted by Gasteiger charge is -2.55. The Morgan fingerprint density at radius 2 is 2.07 bits per heavy atom. The molecular formula is C22H33FN4O2. The average molecular weight is 405 g/mol. The first kappa shape index (κ1) is 20.4. The molecule has 1 aromatic rings. The second-order valence-electron chi connectivity index (χ2n) is 8.97. The number of hydrogen-bond donors (Lipinski definition) is 1. The van der Waals surface area contributed by atoms with E-state index in [-0.39, 0.29) is 11.2 Å². The van der Waals surface area contributed by atoms with E-state index in [0.29, 0.717) is 23.8 Å². The summed E-state index contributed by atoms with van der Waals surface area (Å²) < 4.78 is 24.9. The van der Waals surface area contributed by atoms with Crippen molar-refractivity contribution < 1.29 is 13.9 Å². The lowest BCUT2D eigenvalue weighted by molar-refractivity contribution is -0.107. The Labute approximate surface area is 173 Å². The maximum atomic E-state index is 13.9. The van der Waals surface area contributed by atoms with Crippen LogP contribution in [0.2, 0.25) is 0 Å². The minimum absolute atomic E-state index is 0.136. The van der Waals surface area contributed by atoms with E-state index < -0.39 is 0 Å². The first-order chi connectivity index (χ1) is 13.9. The molecule has 0 radical (unpaired) electrons. The molecule has 0 aromatic heterocycles. The van der Waals surface area contributed by atoms with Crippen molar-refractivity contribution in [2.24, 2.45) is 16.3 Å². The average Bonchev–Trinajstić information content (AvgIpc) is 3.17. The summed E-state index contributed by atoms with van der Waals surface area (Å²) in [4.78, 5) is 9.26. The van der Waals surface area contributed by atoms with Crippen molar-refractivity contribution in [2.45, 2.75) is 39.0 Å². The highest BCUT2D eigenvalue weighted by Crippen LogP contribution is 2.52. The van der Waals surface area contributed by atoms with Gasteiger partial charge in [0.1, 0.15) is 0 Å². The van der Waals surface area contributed by atoms with E-state index in [1.54, 1.807) is 12.1 Å². The van der Waals surface area contributed by atoms with Crippen molar-refractivity contribution in [2.75, 3.05) is 46.9 Å². The summed E-state index contributed by atoms with van der Waals surface area (Å²) in [5.74, 6) is 1.57. The van der Waals surface area contributed by atoms with E-state index in [1.807, 2.05) is 13.1 Å². The molecule has 1 N–H and O–H groups in total. The third kappa shape index (κ3) is 3.82. The number of guanidine groups is 1. The number of nitrogens with zero attached hydrogens (tertiary/aromatic N) is 3. The summed E-state index contributed by atoms with van der Waals surface area (Å²) in [5, 5.41) is 3.73. The second kappa shape index (κ2) is 8.11. The Hall–Kier alpha value is -1.86. The summed E-state index contributed by atoms with van der Waals surface area (Å²) in [6.07, 6.45) is 1.51. The molecule has 3 fully saturated rings. The fourth-order valence-corrected chi connectivity index (χ4v) is 5.24. The summed E-state index contributed by atoms with van der Waals surface area (Å²) in [6, 6.07) is 5.62. The molecule has 2 heterocycles. The number of benzene rings is 1. The zero-order valence-corrected chi connectivity index (χ0v) is 17.9. The van der Waals surface area contributed by atoms with Crippen LogP contribution < -0.4 is 10.1 Å². The van der Waals surface area contributed by atoms with Gasteiger partial charge in [0.25, 0.3) is 0 Å². The molecule has 3 aliphatic rings. The standard InChI is InChI=1S/C22H33FN4O2/c1-22(2)19(16-7-12-29-20(16)22)25-21(24-3)27-10-8-26(9-11-27)14-15-5-6-18(28-4)17(23)13-15/h5-6,13,16,19-20H,7-12,14H2,1-4H3,(H,24,25). The monoisotopic (exact) mass is 404 g/mol. The zero-order valence-electron chi connectivity index (χ0n) is 17.9. The van der Waals surface area contributed by atoms with Crippen LogP contribution in [0.4, 0.5) is 4.39 Å². The van der Waals surface area contributed by atoms with Crippen LogP contribution in [0.3, 0.4) is 0 Å². The first-order valence-corrected chi connectivity index (χ1v) is 10.6. The van der Waals surface area contributed by atoms with E-state index >= 15 is 0 Å². The highest BCUT2D eigenvalue weighted by molar-refractivity contribution is 5.80. The molecule has 6 nitrogen and oxygen atoms in total. The molecular weight excluding hydrogens is 371 g/mol. The summed E-state index contributed by atoms with van der Waals surface area (Å²) in [7, 11) is 3.35. The number of halogens is 1. The van der Waals surface area contributed by atoms with Gasteiger partial charge < -0.3 is 19.7 Å². The van der Waals surface area contributed by atoms with Crippen LogP contribution in [0.15, 0.2) is 23.2 Å². The van der Waals surface area contributed by atoms with Gasteiger partial charge in [0, 0.05) is 63.8 Å². The molecule has 0 amide bonds. The van der Waals surface area contributed by atoms with E-state index in [1.165, 1.54) is 7.11 Å². The van der Waals surface area contributed by atoms with Crippen LogP contribution in [0, 0.1) is 17.2 Å². The molecule has 3 atom stereocenters. The second-order valence-corrected chi connectivity index (χ2v) is 8.97. The Balaban J connectivity index is 1.31. The number of rotatable bonds is 4. The van der Waals surface area contributed by atoms with E-state index in [4.69, 9.17) is 9.47 Å². The van der Waals surface area contributed by atoms with Gasteiger partial charge in [0.05, 0.1) is 13.2 Å². The Morgan fingerprint density at radius 1 is 1.31 bits per heavy atom. The molecule has 160 valence electrons. The van der Waals surface area contributed by atoms with Gasteiger partial charge in [-0.1, -0.05) is 19.9 Å². The summed E-state index contributed by atoms with van der Waals surface area (Å²) >= 11 is 0. The smallest absolute Gasteiger partial charge is 0.193 e. The van der Waals surface area contributed by atoms with Crippen LogP contribution in [0.1, 0.15) is 25.8 Å². The Bertz CT molecular complexity index is 761. The molecule has 2 saturated heterocycles. The third-order valence-electron chi connectivity index (χ3n) is 6.89. The quantitative estimate of drug-likeness (QED) is 0.617. The molecule has 0 bridgehead atoms. The topological polar surface area (TPSA) is 49.3 Å². The van der Waals surface area contributed by atoms with E-state index in [2.05, 4.69) is 34.0 Å². The predicted molar refractivity (Wildman–Crippen MR) is 112 cm³/mol. The molecule has 4 rings (SSSR count). The number of methoxy groups -OCH3 is 1. The number of aliphatic imine (C=N–C) groups is 1. The van der Waals surface area contributed by atoms with Gasteiger partial charge in [-0.05, 0) is 24.1 Å². The maximum Gasteiger partial charge on any atom is 0.193 e. The van der Waals surface area contributed by atoms with Crippen LogP contribution >= 0.6 is 0 Å². The normalized spacial score (nSPS) is 29.3. The van der Waals surface area contributed by atoms with Gasteiger partial charge in [0.15, 0.2) is 17.5 Å². The molecule has 1 saturated carbocycles. The highest BCUT2D eigenvalue weighted by atomic mass is 19.1. The van der Waals surface area contributed by atoms with Crippen LogP contribution in [-0.2, 0) is 11.3 Å². The van der Waals surface area contributed by atoms with Gasteiger partial charge in [-0.25, -0.2) is 4.39 Å². The van der Waals surface area contributed by atoms with Crippen molar-refractivity contribution in [3.05, 3.63) is 29.6 Å². The number of hydrogen-bond acceptors (Lipinski definition) is 4. The molecule has 3 unspecified atom stereocenters. The van der Waals surface area contributed by atoms with Gasteiger partial charge in [-0.2, -0.15) is 0 Å². The summed E-state index contributed by atoms with van der Waals surface area (Å²) in [5.41, 5.74) is 1.11. The van der Waals surface area contributed by atoms with Crippen molar-refractivity contribution in [1.82, 2.24) is 15.1 Å². The van der Waals surface area contributed by atoms with Crippen LogP contribution in [0.25, 0.3) is 0 Å². The minimum Gasteiger partial charge on any atom is -0.494 e.